The summed E-state index contributed by atoms with van der Waals surface area (Å²) in [6, 6.07) is 5.74. The van der Waals surface area contributed by atoms with Gasteiger partial charge in [0, 0.05) is 61.3 Å². The molecule has 0 atom stereocenters. The van der Waals surface area contributed by atoms with Gasteiger partial charge in [0.25, 0.3) is 5.69 Å². The summed E-state index contributed by atoms with van der Waals surface area (Å²) in [6.07, 6.45) is 0.443. The average Bonchev–Trinajstić information content (AvgIpc) is 3.32. The fraction of sp³-hybridized carbons (Fsp3) is 0.238. The van der Waals surface area contributed by atoms with Crippen LogP contribution < -0.4 is 15.5 Å². The molecule has 1 fully saturated rings. The molecular formula is C21H18F3N9O3. The van der Waals surface area contributed by atoms with Crippen molar-refractivity contribution in [1.82, 2.24) is 24.3 Å². The monoisotopic (exact) mass is 501 g/mol. The van der Waals surface area contributed by atoms with Crippen LogP contribution in [0.3, 0.4) is 0 Å². The number of benzene rings is 1. The van der Waals surface area contributed by atoms with E-state index < -0.39 is 22.4 Å². The number of hydrogen-bond donors (Lipinski definition) is 2. The van der Waals surface area contributed by atoms with Crippen molar-refractivity contribution in [3.05, 3.63) is 64.6 Å². The van der Waals surface area contributed by atoms with Crippen molar-refractivity contribution in [3.8, 4) is 0 Å². The number of non-ortho nitro benzene ring substituents is 1. The molecule has 0 bridgehead atoms. The van der Waals surface area contributed by atoms with Crippen LogP contribution in [-0.4, -0.2) is 55.6 Å². The van der Waals surface area contributed by atoms with Crippen LogP contribution in [0.1, 0.15) is 5.56 Å². The Morgan fingerprint density at radius 2 is 1.69 bits per heavy atom. The zero-order valence-corrected chi connectivity index (χ0v) is 18.4. The number of rotatable bonds is 6. The summed E-state index contributed by atoms with van der Waals surface area (Å²) in [4.78, 5) is 29.4. The van der Waals surface area contributed by atoms with Crippen LogP contribution in [0, 0.1) is 10.1 Å². The zero-order chi connectivity index (χ0) is 25.3. The van der Waals surface area contributed by atoms with Gasteiger partial charge in [0.15, 0.2) is 0 Å². The van der Waals surface area contributed by atoms with E-state index in [-0.39, 0.29) is 23.5 Å². The molecule has 5 rings (SSSR count). The Hall–Kier alpha value is -4.53. The van der Waals surface area contributed by atoms with Crippen molar-refractivity contribution in [2.24, 2.45) is 0 Å². The van der Waals surface area contributed by atoms with E-state index in [1.54, 1.807) is 30.7 Å². The van der Waals surface area contributed by atoms with Gasteiger partial charge in [-0.2, -0.15) is 28.1 Å². The summed E-state index contributed by atoms with van der Waals surface area (Å²) in [5, 5.41) is 16.9. The smallest absolute Gasteiger partial charge is 0.378 e. The maximum atomic E-state index is 13.3. The van der Waals surface area contributed by atoms with Gasteiger partial charge < -0.3 is 24.7 Å². The summed E-state index contributed by atoms with van der Waals surface area (Å²) in [5.41, 5.74) is -0.792. The highest BCUT2D eigenvalue weighted by atomic mass is 19.4. The zero-order valence-electron chi connectivity index (χ0n) is 18.4. The lowest BCUT2D eigenvalue weighted by Gasteiger charge is -2.27. The second-order valence-electron chi connectivity index (χ2n) is 7.76. The predicted molar refractivity (Wildman–Crippen MR) is 123 cm³/mol. The number of ether oxygens (including phenoxy) is 1. The van der Waals surface area contributed by atoms with E-state index in [9.17, 15) is 23.3 Å². The topological polar surface area (TPSA) is 136 Å². The van der Waals surface area contributed by atoms with Gasteiger partial charge in [-0.25, -0.2) is 4.98 Å². The average molecular weight is 501 g/mol. The Morgan fingerprint density at radius 3 is 2.39 bits per heavy atom. The SMILES string of the molecule is O=[N+]([O-])c1cc(Nc2nc(Nc3ccn4ccnc4c3)nc(N3CCOCC3)n2)cc(C(F)(F)F)c1. The third-order valence-corrected chi connectivity index (χ3v) is 5.28. The first-order valence-corrected chi connectivity index (χ1v) is 10.7. The number of nitro benzene ring substituents is 1. The highest BCUT2D eigenvalue weighted by molar-refractivity contribution is 5.64. The fourth-order valence-electron chi connectivity index (χ4n) is 3.58. The first kappa shape index (κ1) is 23.2. The summed E-state index contributed by atoms with van der Waals surface area (Å²) >= 11 is 0. The molecule has 12 nitrogen and oxygen atoms in total. The molecule has 1 saturated heterocycles. The van der Waals surface area contributed by atoms with Gasteiger partial charge >= 0.3 is 6.18 Å². The minimum absolute atomic E-state index is 0.0931. The molecule has 4 aromatic rings. The van der Waals surface area contributed by atoms with Gasteiger partial charge in [0.1, 0.15) is 5.65 Å². The number of alkyl halides is 3. The van der Waals surface area contributed by atoms with Gasteiger partial charge in [-0.3, -0.25) is 10.1 Å². The third-order valence-electron chi connectivity index (χ3n) is 5.28. The summed E-state index contributed by atoms with van der Waals surface area (Å²) in [6.45, 7) is 1.90. The number of nitrogens with zero attached hydrogens (tertiary/aromatic N) is 7. The number of hydrogen-bond acceptors (Lipinski definition) is 10. The van der Waals surface area contributed by atoms with E-state index in [2.05, 4.69) is 30.6 Å². The number of aromatic nitrogens is 5. The van der Waals surface area contributed by atoms with Crippen molar-refractivity contribution in [3.63, 3.8) is 0 Å². The van der Waals surface area contributed by atoms with E-state index in [0.717, 1.165) is 12.1 Å². The lowest BCUT2D eigenvalue weighted by Crippen LogP contribution is -2.37. The Labute approximate surface area is 200 Å². The minimum atomic E-state index is -4.78. The number of morpholine rings is 1. The molecule has 1 aliphatic rings. The first-order chi connectivity index (χ1) is 17.2. The highest BCUT2D eigenvalue weighted by Gasteiger charge is 2.33. The second-order valence-corrected chi connectivity index (χ2v) is 7.76. The van der Waals surface area contributed by atoms with E-state index in [1.165, 1.54) is 0 Å². The number of pyridine rings is 1. The molecular weight excluding hydrogens is 483 g/mol. The molecule has 15 heteroatoms. The molecule has 0 amide bonds. The van der Waals surface area contributed by atoms with E-state index in [4.69, 9.17) is 4.74 Å². The van der Waals surface area contributed by atoms with Crippen molar-refractivity contribution in [2.75, 3.05) is 41.8 Å². The van der Waals surface area contributed by atoms with Gasteiger partial charge in [-0.05, 0) is 12.1 Å². The molecule has 1 aliphatic heterocycles. The standard InChI is InChI=1S/C21H18F3N9O3/c22-21(23,24)13-9-15(11-16(10-13)33(34)35)27-19-28-18(29-20(30-19)32-5-7-36-8-6-32)26-14-1-3-31-4-2-25-17(31)12-14/h1-4,9-12H,5-8H2,(H2,26,27,28,29,30). The number of halogens is 3. The maximum absolute atomic E-state index is 13.3. The van der Waals surface area contributed by atoms with Crippen LogP contribution >= 0.6 is 0 Å². The van der Waals surface area contributed by atoms with E-state index in [1.807, 2.05) is 9.30 Å². The van der Waals surface area contributed by atoms with Crippen molar-refractivity contribution in [2.45, 2.75) is 6.18 Å². The molecule has 3 aromatic heterocycles. The normalized spacial score (nSPS) is 14.1. The van der Waals surface area contributed by atoms with Crippen molar-refractivity contribution >= 4 is 40.6 Å². The first-order valence-electron chi connectivity index (χ1n) is 10.7. The molecule has 36 heavy (non-hydrogen) atoms. The molecule has 0 saturated carbocycles. The van der Waals surface area contributed by atoms with E-state index >= 15 is 0 Å². The number of anilines is 5. The number of imidazole rings is 1. The highest BCUT2D eigenvalue weighted by Crippen LogP contribution is 2.35. The van der Waals surface area contributed by atoms with Crippen molar-refractivity contribution < 1.29 is 22.8 Å². The number of nitro groups is 1. The summed E-state index contributed by atoms with van der Waals surface area (Å²) < 4.78 is 47.1. The Morgan fingerprint density at radius 1 is 0.972 bits per heavy atom. The lowest BCUT2D eigenvalue weighted by molar-refractivity contribution is -0.385. The van der Waals surface area contributed by atoms with E-state index in [0.29, 0.717) is 43.7 Å². The van der Waals surface area contributed by atoms with Crippen molar-refractivity contribution in [1.29, 1.82) is 0 Å². The third kappa shape index (κ3) is 5.10. The van der Waals surface area contributed by atoms with Gasteiger partial charge in [-0.1, -0.05) is 0 Å². The lowest BCUT2D eigenvalue weighted by atomic mass is 10.1. The summed E-state index contributed by atoms with van der Waals surface area (Å²) in [7, 11) is 0. The van der Waals surface area contributed by atoms with Crippen LogP contribution in [-0.2, 0) is 10.9 Å². The molecule has 1 aromatic carbocycles. The van der Waals surface area contributed by atoms with Crippen LogP contribution in [0.5, 0.6) is 0 Å². The Bertz CT molecular complexity index is 1420. The molecule has 186 valence electrons. The Balaban J connectivity index is 1.51. The van der Waals surface area contributed by atoms with Gasteiger partial charge in [-0.15, -0.1) is 0 Å². The molecule has 0 spiro atoms. The molecule has 0 aliphatic carbocycles. The number of fused-ring (bicyclic) bond motifs is 1. The molecule has 0 radical (unpaired) electrons. The minimum Gasteiger partial charge on any atom is -0.378 e. The number of nitrogens with one attached hydrogen (secondary N) is 2. The van der Waals surface area contributed by atoms with Crippen LogP contribution in [0.4, 0.5) is 48.1 Å². The fourth-order valence-corrected chi connectivity index (χ4v) is 3.58. The van der Waals surface area contributed by atoms with Crippen LogP contribution in [0.15, 0.2) is 48.9 Å². The van der Waals surface area contributed by atoms with Gasteiger partial charge in [0.05, 0.1) is 23.7 Å². The molecule has 0 unspecified atom stereocenters. The molecule has 2 N–H and O–H groups in total. The largest absolute Gasteiger partial charge is 0.416 e. The molecule has 4 heterocycles. The quantitative estimate of drug-likeness (QED) is 0.297. The predicted octanol–water partition coefficient (Wildman–Crippen LogP) is 3.77. The second kappa shape index (κ2) is 9.26. The van der Waals surface area contributed by atoms with Crippen LogP contribution in [0.2, 0.25) is 0 Å². The summed E-state index contributed by atoms with van der Waals surface area (Å²) in [5.74, 6) is 0.289. The maximum Gasteiger partial charge on any atom is 0.416 e. The Kier molecular flexibility index (Phi) is 5.97. The van der Waals surface area contributed by atoms with Crippen LogP contribution in [0.25, 0.3) is 5.65 Å². The van der Waals surface area contributed by atoms with Gasteiger partial charge in [0.2, 0.25) is 17.8 Å².